The Morgan fingerprint density at radius 3 is 2.33 bits per heavy atom. The van der Waals surface area contributed by atoms with Gasteiger partial charge in [-0.05, 0) is 54.7 Å². The van der Waals surface area contributed by atoms with E-state index in [0.717, 1.165) is 0 Å². The number of carbonyl (C=O) groups excluding carboxylic acids is 2. The Morgan fingerprint density at radius 2 is 1.63 bits per heavy atom. The second kappa shape index (κ2) is 8.48. The molecule has 2 amide bonds. The average molecular weight is 400 g/mol. The number of amides is 2. The topological polar surface area (TPSA) is 83.4 Å². The van der Waals surface area contributed by atoms with Gasteiger partial charge in [0, 0.05) is 11.4 Å². The van der Waals surface area contributed by atoms with Crippen molar-refractivity contribution in [1.29, 1.82) is 0 Å². The summed E-state index contributed by atoms with van der Waals surface area (Å²) in [5.41, 5.74) is 1.46. The highest BCUT2D eigenvalue weighted by Gasteiger charge is 2.12. The lowest BCUT2D eigenvalue weighted by molar-refractivity contribution is 0.0975. The fraction of sp³-hybridized carbons (Fsp3) is 0. The van der Waals surface area contributed by atoms with Crippen LogP contribution in [0.5, 0.6) is 0 Å². The molecule has 0 saturated carbocycles. The van der Waals surface area contributed by atoms with Gasteiger partial charge in [0.2, 0.25) is 0 Å². The molecule has 8 heteroatoms. The minimum atomic E-state index is -0.416. The van der Waals surface area contributed by atoms with E-state index in [1.807, 2.05) is 0 Å². The van der Waals surface area contributed by atoms with Crippen LogP contribution < -0.4 is 16.0 Å². The van der Waals surface area contributed by atoms with Crippen molar-refractivity contribution in [1.82, 2.24) is 5.32 Å². The lowest BCUT2D eigenvalue weighted by Crippen LogP contribution is -2.34. The van der Waals surface area contributed by atoms with Crippen LogP contribution in [0.3, 0.4) is 0 Å². The molecule has 0 aliphatic heterocycles. The van der Waals surface area contributed by atoms with E-state index in [4.69, 9.17) is 28.2 Å². The number of nitrogens with one attached hydrogen (secondary N) is 3. The van der Waals surface area contributed by atoms with Crippen LogP contribution in [0.25, 0.3) is 0 Å². The first-order valence-corrected chi connectivity index (χ1v) is 8.63. The van der Waals surface area contributed by atoms with E-state index >= 15 is 0 Å². The molecule has 0 saturated heterocycles. The van der Waals surface area contributed by atoms with Crippen molar-refractivity contribution >= 4 is 52.1 Å². The van der Waals surface area contributed by atoms with Crippen LogP contribution in [0, 0.1) is 0 Å². The van der Waals surface area contributed by atoms with E-state index < -0.39 is 5.91 Å². The van der Waals surface area contributed by atoms with Crippen LogP contribution in [0.2, 0.25) is 5.02 Å². The molecular formula is C19H14ClN3O3S. The number of halogens is 1. The molecule has 0 fully saturated rings. The van der Waals surface area contributed by atoms with Gasteiger partial charge in [-0.1, -0.05) is 29.8 Å². The summed E-state index contributed by atoms with van der Waals surface area (Å²) in [5.74, 6) is -0.581. The summed E-state index contributed by atoms with van der Waals surface area (Å²) in [7, 11) is 0. The first-order chi connectivity index (χ1) is 13.0. The molecule has 1 heterocycles. The zero-order valence-corrected chi connectivity index (χ0v) is 15.4. The van der Waals surface area contributed by atoms with Crippen LogP contribution in [-0.2, 0) is 0 Å². The summed E-state index contributed by atoms with van der Waals surface area (Å²) in [5, 5.41) is 8.61. The predicted molar refractivity (Wildman–Crippen MR) is 108 cm³/mol. The Labute approximate surface area is 165 Å². The molecule has 27 heavy (non-hydrogen) atoms. The summed E-state index contributed by atoms with van der Waals surface area (Å²) in [6.07, 6.45) is 1.42. The molecule has 0 aliphatic rings. The van der Waals surface area contributed by atoms with Gasteiger partial charge in [-0.2, -0.15) is 0 Å². The number of rotatable bonds is 4. The van der Waals surface area contributed by atoms with Gasteiger partial charge >= 0.3 is 0 Å². The first-order valence-electron chi connectivity index (χ1n) is 7.85. The van der Waals surface area contributed by atoms with E-state index in [-0.39, 0.29) is 16.8 Å². The highest BCUT2D eigenvalue weighted by atomic mass is 35.5. The lowest BCUT2D eigenvalue weighted by atomic mass is 10.2. The quantitative estimate of drug-likeness (QED) is 0.569. The van der Waals surface area contributed by atoms with E-state index in [1.165, 1.54) is 6.26 Å². The van der Waals surface area contributed by atoms with E-state index in [9.17, 15) is 9.59 Å². The molecule has 0 spiro atoms. The van der Waals surface area contributed by atoms with Crippen LogP contribution in [-0.4, -0.2) is 16.9 Å². The van der Waals surface area contributed by atoms with Crippen LogP contribution >= 0.6 is 23.8 Å². The summed E-state index contributed by atoms with van der Waals surface area (Å²) in [6.45, 7) is 0. The number of carbonyl (C=O) groups is 2. The molecule has 0 unspecified atom stereocenters. The van der Waals surface area contributed by atoms with Gasteiger partial charge in [0.1, 0.15) is 0 Å². The van der Waals surface area contributed by atoms with Gasteiger partial charge in [0.25, 0.3) is 11.8 Å². The number of thiocarbonyl (C=S) groups is 1. The fourth-order valence-corrected chi connectivity index (χ4v) is 2.69. The summed E-state index contributed by atoms with van der Waals surface area (Å²) in [4.78, 5) is 24.2. The number of benzene rings is 2. The van der Waals surface area contributed by atoms with Gasteiger partial charge in [-0.15, -0.1) is 0 Å². The van der Waals surface area contributed by atoms with Crippen LogP contribution in [0.4, 0.5) is 11.4 Å². The number of hydrogen-bond donors (Lipinski definition) is 3. The molecule has 6 nitrogen and oxygen atoms in total. The summed E-state index contributed by atoms with van der Waals surface area (Å²) >= 11 is 11.2. The molecule has 3 aromatic rings. The number of hydrogen-bond acceptors (Lipinski definition) is 4. The van der Waals surface area contributed by atoms with Crippen molar-refractivity contribution < 1.29 is 14.0 Å². The number of furan rings is 1. The lowest BCUT2D eigenvalue weighted by Gasteiger charge is -2.11. The summed E-state index contributed by atoms with van der Waals surface area (Å²) in [6, 6.07) is 16.7. The Kier molecular flexibility index (Phi) is 5.85. The Bertz CT molecular complexity index is 989. The monoisotopic (exact) mass is 399 g/mol. The third kappa shape index (κ3) is 4.93. The molecule has 2 aromatic carbocycles. The maximum atomic E-state index is 12.2. The Hall–Kier alpha value is -3.16. The largest absolute Gasteiger partial charge is 0.459 e. The van der Waals surface area contributed by atoms with Crippen molar-refractivity contribution in [3.05, 3.63) is 83.3 Å². The van der Waals surface area contributed by atoms with Crippen molar-refractivity contribution in [2.24, 2.45) is 0 Å². The van der Waals surface area contributed by atoms with Gasteiger partial charge < -0.3 is 15.1 Å². The normalized spacial score (nSPS) is 10.1. The van der Waals surface area contributed by atoms with Crippen molar-refractivity contribution in [2.75, 3.05) is 10.6 Å². The molecule has 0 atom stereocenters. The zero-order valence-electron chi connectivity index (χ0n) is 13.9. The molecule has 1 aromatic heterocycles. The van der Waals surface area contributed by atoms with Gasteiger partial charge in [0.15, 0.2) is 10.9 Å². The number of anilines is 2. The standard InChI is InChI=1S/C19H14ClN3O3S/c20-15-8-2-1-7-14(15)17(24)23-19(27)22-13-6-3-5-12(11-13)21-18(25)16-9-4-10-26-16/h1-11H,(H,21,25)(H2,22,23,24,27). The minimum Gasteiger partial charge on any atom is -0.459 e. The Morgan fingerprint density at radius 1 is 0.889 bits per heavy atom. The van der Waals surface area contributed by atoms with E-state index in [0.29, 0.717) is 22.0 Å². The molecule has 3 N–H and O–H groups in total. The average Bonchev–Trinajstić information content (AvgIpc) is 3.17. The zero-order chi connectivity index (χ0) is 19.2. The van der Waals surface area contributed by atoms with Gasteiger partial charge in [0.05, 0.1) is 16.8 Å². The highest BCUT2D eigenvalue weighted by molar-refractivity contribution is 7.80. The van der Waals surface area contributed by atoms with Crippen molar-refractivity contribution in [3.8, 4) is 0 Å². The molecular weight excluding hydrogens is 386 g/mol. The van der Waals surface area contributed by atoms with Gasteiger partial charge in [-0.25, -0.2) is 0 Å². The molecule has 0 bridgehead atoms. The van der Waals surface area contributed by atoms with Crippen LogP contribution in [0.1, 0.15) is 20.9 Å². The SMILES string of the molecule is O=C(Nc1cccc(NC(=S)NC(=O)c2ccccc2Cl)c1)c1ccco1. The predicted octanol–water partition coefficient (Wildman–Crippen LogP) is 4.31. The molecule has 0 radical (unpaired) electrons. The molecule has 0 aliphatic carbocycles. The fourth-order valence-electron chi connectivity index (χ4n) is 2.25. The maximum absolute atomic E-state index is 12.2. The van der Waals surface area contributed by atoms with E-state index in [2.05, 4.69) is 16.0 Å². The Balaban J connectivity index is 1.62. The van der Waals surface area contributed by atoms with Crippen molar-refractivity contribution in [3.63, 3.8) is 0 Å². The van der Waals surface area contributed by atoms with Crippen LogP contribution in [0.15, 0.2) is 71.3 Å². The van der Waals surface area contributed by atoms with Crippen molar-refractivity contribution in [2.45, 2.75) is 0 Å². The first kappa shape index (κ1) is 18.6. The molecule has 136 valence electrons. The summed E-state index contributed by atoms with van der Waals surface area (Å²) < 4.78 is 5.05. The second-order valence-corrected chi connectivity index (χ2v) is 6.22. The van der Waals surface area contributed by atoms with E-state index in [1.54, 1.807) is 60.7 Å². The highest BCUT2D eigenvalue weighted by Crippen LogP contribution is 2.17. The minimum absolute atomic E-state index is 0.106. The third-order valence-electron chi connectivity index (χ3n) is 3.47. The molecule has 3 rings (SSSR count). The second-order valence-electron chi connectivity index (χ2n) is 5.40. The van der Waals surface area contributed by atoms with Gasteiger partial charge in [-0.3, -0.25) is 14.9 Å². The maximum Gasteiger partial charge on any atom is 0.291 e. The third-order valence-corrected chi connectivity index (χ3v) is 4.00. The smallest absolute Gasteiger partial charge is 0.291 e.